The van der Waals surface area contributed by atoms with Gasteiger partial charge in [-0.15, -0.1) is 11.3 Å². The van der Waals surface area contributed by atoms with Crippen LogP contribution in [0.1, 0.15) is 29.8 Å². The molecule has 3 aromatic rings. The summed E-state index contributed by atoms with van der Waals surface area (Å²) in [4.78, 5) is 35.1. The Morgan fingerprint density at radius 3 is 2.89 bits per heavy atom. The van der Waals surface area contributed by atoms with Crippen molar-refractivity contribution in [1.82, 2.24) is 20.0 Å². The number of carbonyl (C=O) groups is 1. The molecule has 138 valence electrons. The minimum atomic E-state index is -0.522. The Hall–Kier alpha value is -2.65. The Balaban J connectivity index is 1.66. The number of aromatic nitrogens is 3. The molecule has 0 saturated heterocycles. The van der Waals surface area contributed by atoms with E-state index in [1.165, 1.54) is 28.4 Å². The van der Waals surface area contributed by atoms with E-state index in [-0.39, 0.29) is 27.9 Å². The van der Waals surface area contributed by atoms with Gasteiger partial charge in [-0.25, -0.2) is 14.6 Å². The van der Waals surface area contributed by atoms with Gasteiger partial charge in [-0.3, -0.25) is 14.6 Å². The van der Waals surface area contributed by atoms with Gasteiger partial charge in [0.05, 0.1) is 10.4 Å². The first-order valence-corrected chi connectivity index (χ1v) is 9.73. The monoisotopic (exact) mass is 402 g/mol. The summed E-state index contributed by atoms with van der Waals surface area (Å²) in [5, 5.41) is 10.8. The minimum Gasteiger partial charge on any atom is -0.335 e. The second kappa shape index (κ2) is 5.67. The van der Waals surface area contributed by atoms with Crippen molar-refractivity contribution in [1.29, 1.82) is 0 Å². The van der Waals surface area contributed by atoms with E-state index in [1.54, 1.807) is 12.1 Å². The van der Waals surface area contributed by atoms with E-state index in [9.17, 15) is 9.59 Å². The molecule has 0 unspecified atom stereocenters. The molecule has 0 radical (unpaired) electrons. The molecule has 1 saturated carbocycles. The van der Waals surface area contributed by atoms with Gasteiger partial charge in [0.2, 0.25) is 0 Å². The van der Waals surface area contributed by atoms with Crippen LogP contribution in [0.2, 0.25) is 5.02 Å². The third-order valence-electron chi connectivity index (χ3n) is 5.31. The van der Waals surface area contributed by atoms with E-state index in [0.29, 0.717) is 5.82 Å². The van der Waals surface area contributed by atoms with Crippen LogP contribution in [0.15, 0.2) is 28.6 Å². The lowest BCUT2D eigenvalue weighted by molar-refractivity contribution is 0.0700. The van der Waals surface area contributed by atoms with Gasteiger partial charge in [-0.1, -0.05) is 11.6 Å². The maximum atomic E-state index is 13.2. The zero-order valence-corrected chi connectivity index (χ0v) is 15.9. The molecule has 0 bridgehead atoms. The summed E-state index contributed by atoms with van der Waals surface area (Å²) in [5.74, 6) is 0.194. The van der Waals surface area contributed by atoms with Crippen molar-refractivity contribution in [2.45, 2.75) is 24.9 Å². The van der Waals surface area contributed by atoms with Crippen LogP contribution < -0.4 is 21.2 Å². The van der Waals surface area contributed by atoms with Gasteiger partial charge in [-0.05, 0) is 36.8 Å². The zero-order valence-electron chi connectivity index (χ0n) is 14.3. The molecule has 27 heavy (non-hydrogen) atoms. The molecule has 10 heteroatoms. The lowest BCUT2D eigenvalue weighted by atomic mass is 9.83. The molecule has 2 aliphatic rings. The minimum absolute atomic E-state index is 0.149. The molecule has 3 aromatic heterocycles. The number of nitrogens with one attached hydrogen (secondary N) is 2. The number of nitrogens with zero attached hydrogens (tertiary/aromatic N) is 4. The predicted molar refractivity (Wildman–Crippen MR) is 105 cm³/mol. The van der Waals surface area contributed by atoms with E-state index >= 15 is 0 Å². The van der Waals surface area contributed by atoms with E-state index in [0.717, 1.165) is 29.5 Å². The number of fused-ring (bicyclic) bond motifs is 2. The highest BCUT2D eigenvalue weighted by molar-refractivity contribution is 7.16. The molecule has 4 heterocycles. The molecule has 5 rings (SSSR count). The summed E-state index contributed by atoms with van der Waals surface area (Å²) in [6, 6.07) is 3.37. The molecule has 1 amide bonds. The fourth-order valence-electron chi connectivity index (χ4n) is 3.67. The highest BCUT2D eigenvalue weighted by Gasteiger charge is 2.48. The summed E-state index contributed by atoms with van der Waals surface area (Å²) in [6.07, 6.45) is 4.02. The molecule has 1 aliphatic heterocycles. The van der Waals surface area contributed by atoms with Crippen LogP contribution in [0.5, 0.6) is 0 Å². The Kier molecular flexibility index (Phi) is 3.47. The van der Waals surface area contributed by atoms with Crippen molar-refractivity contribution in [3.05, 3.63) is 44.9 Å². The van der Waals surface area contributed by atoms with Crippen LogP contribution in [-0.2, 0) is 0 Å². The number of halogens is 1. The molecule has 8 nitrogen and oxygen atoms in total. The van der Waals surface area contributed by atoms with E-state index < -0.39 is 5.66 Å². The van der Waals surface area contributed by atoms with Crippen LogP contribution >= 0.6 is 22.9 Å². The van der Waals surface area contributed by atoms with Gasteiger partial charge >= 0.3 is 0 Å². The van der Waals surface area contributed by atoms with Crippen LogP contribution in [0.3, 0.4) is 0 Å². The SMILES string of the molecule is CN1n2c(c(Cl)cc(Nc3ncnc4sccc34)c2=O)C(=O)NC12CCC2. The molecular weight excluding hydrogens is 388 g/mol. The topological polar surface area (TPSA) is 92.2 Å². The highest BCUT2D eigenvalue weighted by atomic mass is 35.5. The van der Waals surface area contributed by atoms with E-state index in [2.05, 4.69) is 20.6 Å². The zero-order chi connectivity index (χ0) is 18.8. The van der Waals surface area contributed by atoms with Gasteiger partial charge < -0.3 is 10.6 Å². The first kappa shape index (κ1) is 16.5. The van der Waals surface area contributed by atoms with Gasteiger partial charge in [0.25, 0.3) is 11.5 Å². The summed E-state index contributed by atoms with van der Waals surface area (Å²) >= 11 is 7.87. The van der Waals surface area contributed by atoms with Crippen molar-refractivity contribution < 1.29 is 4.79 Å². The molecule has 1 fully saturated rings. The first-order chi connectivity index (χ1) is 13.0. The second-order valence-electron chi connectivity index (χ2n) is 6.72. The number of pyridine rings is 1. The summed E-state index contributed by atoms with van der Waals surface area (Å²) in [6.45, 7) is 0. The number of amides is 1. The van der Waals surface area contributed by atoms with Gasteiger partial charge in [0, 0.05) is 7.05 Å². The lowest BCUT2D eigenvalue weighted by Gasteiger charge is -2.53. The number of carbonyl (C=O) groups excluding carboxylic acids is 1. The summed E-state index contributed by atoms with van der Waals surface area (Å²) < 4.78 is 1.37. The largest absolute Gasteiger partial charge is 0.335 e. The van der Waals surface area contributed by atoms with Crippen molar-refractivity contribution in [3.8, 4) is 0 Å². The van der Waals surface area contributed by atoms with Crippen LogP contribution in [0.25, 0.3) is 10.2 Å². The Morgan fingerprint density at radius 1 is 1.33 bits per heavy atom. The van der Waals surface area contributed by atoms with E-state index in [1.807, 2.05) is 11.4 Å². The highest BCUT2D eigenvalue weighted by Crippen LogP contribution is 2.37. The van der Waals surface area contributed by atoms with Crippen LogP contribution in [0.4, 0.5) is 11.5 Å². The molecular formula is C17H15ClN6O2S. The number of thiophene rings is 1. The summed E-state index contributed by atoms with van der Waals surface area (Å²) in [5.41, 5.74) is -0.465. The molecule has 1 spiro atoms. The Morgan fingerprint density at radius 2 is 2.15 bits per heavy atom. The fourth-order valence-corrected chi connectivity index (χ4v) is 4.68. The maximum Gasteiger partial charge on any atom is 0.293 e. The lowest BCUT2D eigenvalue weighted by Crippen LogP contribution is -2.72. The average molecular weight is 403 g/mol. The Bertz CT molecular complexity index is 1150. The van der Waals surface area contributed by atoms with Crippen molar-refractivity contribution in [2.24, 2.45) is 0 Å². The smallest absolute Gasteiger partial charge is 0.293 e. The second-order valence-corrected chi connectivity index (χ2v) is 8.02. The third-order valence-corrected chi connectivity index (χ3v) is 6.42. The quantitative estimate of drug-likeness (QED) is 0.684. The number of rotatable bonds is 2. The number of hydrogen-bond acceptors (Lipinski definition) is 7. The first-order valence-electron chi connectivity index (χ1n) is 8.48. The average Bonchev–Trinajstić information content (AvgIpc) is 3.09. The van der Waals surface area contributed by atoms with Gasteiger partial charge in [0.1, 0.15) is 34.0 Å². The van der Waals surface area contributed by atoms with Crippen molar-refractivity contribution in [2.75, 3.05) is 17.4 Å². The van der Waals surface area contributed by atoms with Gasteiger partial charge in [0.15, 0.2) is 0 Å². The van der Waals surface area contributed by atoms with Gasteiger partial charge in [-0.2, -0.15) is 0 Å². The maximum absolute atomic E-state index is 13.2. The van der Waals surface area contributed by atoms with E-state index in [4.69, 9.17) is 11.6 Å². The number of anilines is 2. The van der Waals surface area contributed by atoms with Crippen molar-refractivity contribution in [3.63, 3.8) is 0 Å². The molecule has 0 aromatic carbocycles. The molecule has 2 N–H and O–H groups in total. The van der Waals surface area contributed by atoms with Crippen LogP contribution in [0, 0.1) is 0 Å². The third kappa shape index (κ3) is 2.28. The molecule has 0 atom stereocenters. The normalized spacial score (nSPS) is 17.6. The van der Waals surface area contributed by atoms with Crippen LogP contribution in [-0.4, -0.2) is 33.3 Å². The molecule has 1 aliphatic carbocycles. The fraction of sp³-hybridized carbons (Fsp3) is 0.294. The van der Waals surface area contributed by atoms with Crippen molar-refractivity contribution >= 4 is 50.6 Å². The number of hydrogen-bond donors (Lipinski definition) is 2. The standard InChI is InChI=1S/C17H15ClN6O2S/c1-23-17(4-2-5-17)22-14(25)12-10(18)7-11(16(26)24(12)23)21-13-9-3-6-27-15(9)20-8-19-13/h3,6-8H,2,4-5H2,1H3,(H,22,25)(H,19,20,21). The Labute approximate surface area is 162 Å². The summed E-state index contributed by atoms with van der Waals surface area (Å²) in [7, 11) is 1.80. The predicted octanol–water partition coefficient (Wildman–Crippen LogP) is 2.44.